The number of benzene rings is 1. The van der Waals surface area contributed by atoms with E-state index in [1.54, 1.807) is 4.90 Å². The van der Waals surface area contributed by atoms with E-state index in [2.05, 4.69) is 0 Å². The average molecular weight is 261 g/mol. The van der Waals surface area contributed by atoms with Gasteiger partial charge in [-0.2, -0.15) is 0 Å². The zero-order chi connectivity index (χ0) is 13.2. The fourth-order valence-electron chi connectivity index (χ4n) is 2.68. The molecule has 2 heterocycles. The largest absolute Gasteiger partial charge is 0.399 e. The highest BCUT2D eigenvalue weighted by Gasteiger charge is 2.32. The van der Waals surface area contributed by atoms with E-state index in [4.69, 9.17) is 10.5 Å². The minimum absolute atomic E-state index is 0.0697. The van der Waals surface area contributed by atoms with Gasteiger partial charge in [-0.05, 0) is 37.1 Å². The van der Waals surface area contributed by atoms with Crippen LogP contribution in [-0.2, 0) is 4.74 Å². The van der Waals surface area contributed by atoms with E-state index in [0.717, 1.165) is 38.2 Å². The van der Waals surface area contributed by atoms with Crippen molar-refractivity contribution in [3.63, 3.8) is 0 Å². The summed E-state index contributed by atoms with van der Waals surface area (Å²) in [4.78, 5) is 16.0. The number of nitrogen functional groups attached to an aromatic ring is 1. The number of rotatable bonds is 3. The number of carbonyl (C=O) groups is 1. The van der Waals surface area contributed by atoms with Gasteiger partial charge in [0.05, 0.1) is 6.10 Å². The van der Waals surface area contributed by atoms with Crippen LogP contribution in [0.25, 0.3) is 0 Å². The predicted molar refractivity (Wildman–Crippen MR) is 74.1 cm³/mol. The molecule has 0 saturated carbocycles. The molecule has 2 saturated heterocycles. The van der Waals surface area contributed by atoms with Crippen LogP contribution in [0.1, 0.15) is 12.8 Å². The molecule has 19 heavy (non-hydrogen) atoms. The summed E-state index contributed by atoms with van der Waals surface area (Å²) in [5.74, 6) is 0. The Bertz CT molecular complexity index is 454. The molecular weight excluding hydrogens is 242 g/mol. The van der Waals surface area contributed by atoms with Gasteiger partial charge >= 0.3 is 6.03 Å². The van der Waals surface area contributed by atoms with Gasteiger partial charge in [0.15, 0.2) is 0 Å². The number of urea groups is 1. The van der Waals surface area contributed by atoms with E-state index in [-0.39, 0.29) is 12.1 Å². The Morgan fingerprint density at radius 3 is 2.74 bits per heavy atom. The number of carbonyl (C=O) groups excluding carboxylic acids is 1. The zero-order valence-corrected chi connectivity index (χ0v) is 10.9. The van der Waals surface area contributed by atoms with Crippen LogP contribution in [-0.4, -0.2) is 43.3 Å². The average Bonchev–Trinajstić information content (AvgIpc) is 3.03. The first kappa shape index (κ1) is 12.3. The lowest BCUT2D eigenvalue weighted by Crippen LogP contribution is -2.36. The van der Waals surface area contributed by atoms with Crippen LogP contribution in [0.3, 0.4) is 0 Å². The highest BCUT2D eigenvalue weighted by Crippen LogP contribution is 2.23. The number of anilines is 2. The number of ether oxygens (including phenoxy) is 1. The topological polar surface area (TPSA) is 58.8 Å². The molecule has 1 atom stereocenters. The van der Waals surface area contributed by atoms with Crippen LogP contribution in [0, 0.1) is 0 Å². The second kappa shape index (κ2) is 5.09. The summed E-state index contributed by atoms with van der Waals surface area (Å²) in [5.41, 5.74) is 7.29. The van der Waals surface area contributed by atoms with Gasteiger partial charge in [0.25, 0.3) is 0 Å². The molecule has 0 spiro atoms. The Morgan fingerprint density at radius 2 is 2.05 bits per heavy atom. The van der Waals surface area contributed by atoms with E-state index < -0.39 is 0 Å². The van der Waals surface area contributed by atoms with Crippen molar-refractivity contribution in [3.8, 4) is 0 Å². The molecule has 0 aromatic heterocycles. The molecule has 2 aliphatic rings. The molecule has 2 aliphatic heterocycles. The minimum Gasteiger partial charge on any atom is -0.399 e. The van der Waals surface area contributed by atoms with Crippen molar-refractivity contribution in [1.29, 1.82) is 0 Å². The Kier molecular flexibility index (Phi) is 3.29. The maximum atomic E-state index is 12.3. The van der Waals surface area contributed by atoms with E-state index in [0.29, 0.717) is 12.2 Å². The molecule has 5 heteroatoms. The molecule has 5 nitrogen and oxygen atoms in total. The predicted octanol–water partition coefficient (Wildman–Crippen LogP) is 1.69. The third kappa shape index (κ3) is 2.51. The zero-order valence-electron chi connectivity index (χ0n) is 10.9. The minimum atomic E-state index is 0.0697. The van der Waals surface area contributed by atoms with Gasteiger partial charge in [-0.25, -0.2) is 4.79 Å². The van der Waals surface area contributed by atoms with Gasteiger partial charge in [0.2, 0.25) is 0 Å². The van der Waals surface area contributed by atoms with E-state index in [1.165, 1.54) is 0 Å². The SMILES string of the molecule is Nc1ccc(N2CCN(CC3CCCO3)C2=O)cc1. The Hall–Kier alpha value is -1.75. The maximum absolute atomic E-state index is 12.3. The van der Waals surface area contributed by atoms with Gasteiger partial charge in [-0.15, -0.1) is 0 Å². The van der Waals surface area contributed by atoms with Gasteiger partial charge < -0.3 is 15.4 Å². The molecule has 2 amide bonds. The molecule has 1 aromatic rings. The van der Waals surface area contributed by atoms with Gasteiger partial charge in [0, 0.05) is 37.6 Å². The van der Waals surface area contributed by atoms with Crippen LogP contribution in [0.5, 0.6) is 0 Å². The second-order valence-corrected chi connectivity index (χ2v) is 5.11. The van der Waals surface area contributed by atoms with Gasteiger partial charge in [-0.1, -0.05) is 0 Å². The van der Waals surface area contributed by atoms with Crippen LogP contribution in [0.2, 0.25) is 0 Å². The lowest BCUT2D eigenvalue weighted by Gasteiger charge is -2.21. The van der Waals surface area contributed by atoms with Crippen molar-refractivity contribution in [2.75, 3.05) is 36.9 Å². The van der Waals surface area contributed by atoms with Gasteiger partial charge in [-0.3, -0.25) is 4.90 Å². The quantitative estimate of drug-likeness (QED) is 0.842. The standard InChI is InChI=1S/C14H19N3O2/c15-11-3-5-12(6-4-11)17-8-7-16(14(17)18)10-13-2-1-9-19-13/h3-6,13H,1-2,7-10,15H2. The smallest absolute Gasteiger partial charge is 0.324 e. The molecule has 2 fully saturated rings. The normalized spacial score (nSPS) is 23.4. The lowest BCUT2D eigenvalue weighted by atomic mass is 10.2. The van der Waals surface area contributed by atoms with Crippen LogP contribution in [0.4, 0.5) is 16.2 Å². The van der Waals surface area contributed by atoms with Crippen molar-refractivity contribution in [2.24, 2.45) is 0 Å². The van der Waals surface area contributed by atoms with Crippen LogP contribution < -0.4 is 10.6 Å². The fourth-order valence-corrected chi connectivity index (χ4v) is 2.68. The molecule has 0 bridgehead atoms. The summed E-state index contributed by atoms with van der Waals surface area (Å²) in [7, 11) is 0. The van der Waals surface area contributed by atoms with E-state index in [9.17, 15) is 4.79 Å². The summed E-state index contributed by atoms with van der Waals surface area (Å²) < 4.78 is 5.59. The van der Waals surface area contributed by atoms with Crippen molar-refractivity contribution in [2.45, 2.75) is 18.9 Å². The number of nitrogens with two attached hydrogens (primary N) is 1. The molecule has 0 radical (unpaired) electrons. The first-order chi connectivity index (χ1) is 9.24. The van der Waals surface area contributed by atoms with Crippen LogP contribution in [0.15, 0.2) is 24.3 Å². The Labute approximate surface area is 112 Å². The summed E-state index contributed by atoms with van der Waals surface area (Å²) in [5, 5.41) is 0. The highest BCUT2D eigenvalue weighted by molar-refractivity contribution is 5.94. The number of nitrogens with zero attached hydrogens (tertiary/aromatic N) is 2. The lowest BCUT2D eigenvalue weighted by molar-refractivity contribution is 0.0874. The first-order valence-corrected chi connectivity index (χ1v) is 6.77. The fraction of sp³-hybridized carbons (Fsp3) is 0.500. The van der Waals surface area contributed by atoms with Crippen molar-refractivity contribution < 1.29 is 9.53 Å². The monoisotopic (exact) mass is 261 g/mol. The second-order valence-electron chi connectivity index (χ2n) is 5.11. The number of hydrogen-bond donors (Lipinski definition) is 1. The summed E-state index contributed by atoms with van der Waals surface area (Å²) >= 11 is 0. The van der Waals surface area contributed by atoms with Gasteiger partial charge in [0.1, 0.15) is 0 Å². The molecule has 0 aliphatic carbocycles. The first-order valence-electron chi connectivity index (χ1n) is 6.77. The summed E-state index contributed by atoms with van der Waals surface area (Å²) in [6.07, 6.45) is 2.38. The van der Waals surface area contributed by atoms with E-state index in [1.807, 2.05) is 29.2 Å². The molecule has 1 unspecified atom stereocenters. The third-order valence-corrected chi connectivity index (χ3v) is 3.75. The third-order valence-electron chi connectivity index (χ3n) is 3.75. The molecule has 102 valence electrons. The summed E-state index contributed by atoms with van der Waals surface area (Å²) in [6, 6.07) is 7.50. The van der Waals surface area contributed by atoms with Crippen molar-refractivity contribution >= 4 is 17.4 Å². The Balaban J connectivity index is 1.66. The Morgan fingerprint density at radius 1 is 1.26 bits per heavy atom. The molecular formula is C14H19N3O2. The van der Waals surface area contributed by atoms with E-state index >= 15 is 0 Å². The maximum Gasteiger partial charge on any atom is 0.324 e. The molecule has 1 aromatic carbocycles. The molecule has 3 rings (SSSR count). The van der Waals surface area contributed by atoms with Crippen molar-refractivity contribution in [3.05, 3.63) is 24.3 Å². The highest BCUT2D eigenvalue weighted by atomic mass is 16.5. The number of amides is 2. The van der Waals surface area contributed by atoms with Crippen molar-refractivity contribution in [1.82, 2.24) is 4.90 Å². The molecule has 2 N–H and O–H groups in total. The summed E-state index contributed by atoms with van der Waals surface area (Å²) in [6.45, 7) is 3.04. The van der Waals surface area contributed by atoms with Crippen LogP contribution >= 0.6 is 0 Å². The number of hydrogen-bond acceptors (Lipinski definition) is 3.